The van der Waals surface area contributed by atoms with Crippen molar-refractivity contribution >= 4 is 5.91 Å². The molecule has 0 saturated heterocycles. The molecular weight excluding hydrogens is 570 g/mol. The first-order valence-corrected chi connectivity index (χ1v) is 16.0. The lowest BCUT2D eigenvalue weighted by Crippen LogP contribution is -2.35. The maximum absolute atomic E-state index is 13.8. The lowest BCUT2D eigenvalue weighted by Gasteiger charge is -2.33. The monoisotopic (exact) mass is 609 g/mol. The summed E-state index contributed by atoms with van der Waals surface area (Å²) in [7, 11) is 1.90. The third kappa shape index (κ3) is 7.73. The van der Waals surface area contributed by atoms with E-state index >= 15 is 0 Å². The van der Waals surface area contributed by atoms with Gasteiger partial charge in [-0.3, -0.25) is 19.4 Å². The Morgan fingerprint density at radius 3 is 2.43 bits per heavy atom. The van der Waals surface area contributed by atoms with Crippen LogP contribution in [0.5, 0.6) is 0 Å². The van der Waals surface area contributed by atoms with E-state index in [0.717, 1.165) is 84.4 Å². The van der Waals surface area contributed by atoms with Gasteiger partial charge in [-0.05, 0) is 79.7 Å². The van der Waals surface area contributed by atoms with Crippen LogP contribution in [0, 0.1) is 24.2 Å². The minimum atomic E-state index is -0.321. The van der Waals surface area contributed by atoms with E-state index in [1.165, 1.54) is 5.56 Å². The van der Waals surface area contributed by atoms with Gasteiger partial charge in [-0.2, -0.15) is 5.10 Å². The fourth-order valence-electron chi connectivity index (χ4n) is 6.48. The molecule has 0 bridgehead atoms. The molecule has 1 atom stereocenters. The smallest absolute Gasteiger partial charge is 0.229 e. The molecule has 1 fully saturated rings. The molecule has 0 spiro atoms. The molecule has 1 amide bonds. The van der Waals surface area contributed by atoms with Crippen LogP contribution in [-0.4, -0.2) is 35.6 Å². The number of nitrogens with zero attached hydrogens (tertiary/aromatic N) is 6. The van der Waals surface area contributed by atoms with Crippen molar-refractivity contribution in [1.29, 1.82) is 0 Å². The van der Waals surface area contributed by atoms with Gasteiger partial charge in [0.05, 0.1) is 29.1 Å². The van der Waals surface area contributed by atoms with Gasteiger partial charge in [-0.1, -0.05) is 42.3 Å². The average Bonchev–Trinajstić information content (AvgIpc) is 3.54. The van der Waals surface area contributed by atoms with Crippen LogP contribution in [0.2, 0.25) is 0 Å². The van der Waals surface area contributed by atoms with E-state index in [1.807, 2.05) is 92.6 Å². The van der Waals surface area contributed by atoms with Crippen molar-refractivity contribution in [3.63, 3.8) is 0 Å². The van der Waals surface area contributed by atoms with Gasteiger partial charge in [-0.15, -0.1) is 6.42 Å². The van der Waals surface area contributed by atoms with Gasteiger partial charge < -0.3 is 5.32 Å². The molecule has 1 aliphatic carbocycles. The molecule has 0 aliphatic heterocycles. The molecule has 46 heavy (non-hydrogen) atoms. The number of nitrogens with one attached hydrogen (secondary N) is 1. The minimum Gasteiger partial charge on any atom is -0.351 e. The van der Waals surface area contributed by atoms with Crippen LogP contribution in [0.4, 0.5) is 0 Å². The standard InChI is InChI=1S/C38H39N7O/c1-3-30-23-41-36(44-34(30)15-11-27-17-19-39-20-18-27)21-28-9-12-31(13-10-28)37(38(46)42-22-29-7-5-4-6-8-29)35-16-14-32(24-40-35)33-25-43-45(2)26-33/h1,4-8,14,16-20,23-26,28,31,37H,9-13,15,21-22H2,2H3,(H,42,46). The third-order valence-corrected chi connectivity index (χ3v) is 9.04. The number of hydrogen-bond donors (Lipinski definition) is 1. The van der Waals surface area contributed by atoms with E-state index in [9.17, 15) is 4.79 Å². The van der Waals surface area contributed by atoms with Crippen molar-refractivity contribution < 1.29 is 4.79 Å². The molecule has 8 heteroatoms. The lowest BCUT2D eigenvalue weighted by atomic mass is 9.73. The predicted molar refractivity (Wildman–Crippen MR) is 178 cm³/mol. The van der Waals surface area contributed by atoms with Crippen LogP contribution >= 0.6 is 0 Å². The second-order valence-electron chi connectivity index (χ2n) is 12.2. The van der Waals surface area contributed by atoms with Crippen LogP contribution in [0.3, 0.4) is 0 Å². The molecule has 1 saturated carbocycles. The Hall–Kier alpha value is -5.16. The molecule has 4 heterocycles. The third-order valence-electron chi connectivity index (χ3n) is 9.04. The highest BCUT2D eigenvalue weighted by Gasteiger charge is 2.34. The highest BCUT2D eigenvalue weighted by molar-refractivity contribution is 5.83. The normalized spacial score (nSPS) is 16.8. The first-order valence-electron chi connectivity index (χ1n) is 16.0. The van der Waals surface area contributed by atoms with Crippen molar-refractivity contribution in [2.24, 2.45) is 18.9 Å². The fourth-order valence-corrected chi connectivity index (χ4v) is 6.48. The van der Waals surface area contributed by atoms with E-state index in [2.05, 4.69) is 26.3 Å². The largest absolute Gasteiger partial charge is 0.351 e. The summed E-state index contributed by atoms with van der Waals surface area (Å²) in [5, 5.41) is 7.49. The molecule has 4 aromatic heterocycles. The summed E-state index contributed by atoms with van der Waals surface area (Å²) in [5.41, 5.74) is 6.77. The van der Waals surface area contributed by atoms with Crippen LogP contribution in [0.25, 0.3) is 11.1 Å². The number of aryl methyl sites for hydroxylation is 3. The zero-order valence-electron chi connectivity index (χ0n) is 26.2. The number of hydrogen-bond acceptors (Lipinski definition) is 6. The summed E-state index contributed by atoms with van der Waals surface area (Å²) in [6.45, 7) is 0.494. The van der Waals surface area contributed by atoms with E-state index < -0.39 is 0 Å². The molecule has 6 rings (SSSR count). The summed E-state index contributed by atoms with van der Waals surface area (Å²) < 4.78 is 1.78. The summed E-state index contributed by atoms with van der Waals surface area (Å²) in [6.07, 6.45) is 23.2. The van der Waals surface area contributed by atoms with Gasteiger partial charge in [0.25, 0.3) is 0 Å². The Balaban J connectivity index is 1.13. The molecule has 1 unspecified atom stereocenters. The lowest BCUT2D eigenvalue weighted by molar-refractivity contribution is -0.124. The van der Waals surface area contributed by atoms with Crippen molar-refractivity contribution in [3.8, 4) is 23.5 Å². The summed E-state index contributed by atoms with van der Waals surface area (Å²) in [6, 6.07) is 18.1. The number of benzene rings is 1. The van der Waals surface area contributed by atoms with E-state index in [1.54, 1.807) is 10.9 Å². The Kier molecular flexibility index (Phi) is 9.89. The SMILES string of the molecule is C#Cc1cnc(CC2CCC(C(C(=O)NCc3ccccc3)c3ccc(-c4cnn(C)c4)cn3)CC2)nc1CCc1ccncc1. The molecule has 1 aromatic carbocycles. The number of carbonyl (C=O) groups excluding carboxylic acids is 1. The highest BCUT2D eigenvalue weighted by atomic mass is 16.1. The molecule has 232 valence electrons. The molecule has 5 aromatic rings. The average molecular weight is 610 g/mol. The van der Waals surface area contributed by atoms with Gasteiger partial charge in [0.2, 0.25) is 5.91 Å². The van der Waals surface area contributed by atoms with Gasteiger partial charge in [-0.25, -0.2) is 9.97 Å². The molecule has 1 N–H and O–H groups in total. The molecule has 1 aliphatic rings. The number of aromatic nitrogens is 6. The zero-order valence-corrected chi connectivity index (χ0v) is 26.2. The molecule has 8 nitrogen and oxygen atoms in total. The molecule has 0 radical (unpaired) electrons. The van der Waals surface area contributed by atoms with Gasteiger partial charge in [0, 0.05) is 62.1 Å². The number of terminal acetylenes is 1. The molecular formula is C38H39N7O. The summed E-state index contributed by atoms with van der Waals surface area (Å²) in [5.74, 6) is 3.96. The van der Waals surface area contributed by atoms with Crippen LogP contribution in [-0.2, 0) is 37.6 Å². The maximum Gasteiger partial charge on any atom is 0.229 e. The highest BCUT2D eigenvalue weighted by Crippen LogP contribution is 2.39. The van der Waals surface area contributed by atoms with Crippen LogP contribution in [0.15, 0.2) is 91.8 Å². The quantitative estimate of drug-likeness (QED) is 0.188. The van der Waals surface area contributed by atoms with Gasteiger partial charge >= 0.3 is 0 Å². The van der Waals surface area contributed by atoms with Crippen LogP contribution < -0.4 is 5.32 Å². The number of rotatable bonds is 11. The van der Waals surface area contributed by atoms with E-state index in [0.29, 0.717) is 12.5 Å². The second kappa shape index (κ2) is 14.7. The Morgan fingerprint density at radius 2 is 1.74 bits per heavy atom. The van der Waals surface area contributed by atoms with Crippen molar-refractivity contribution in [3.05, 3.63) is 126 Å². The first kappa shape index (κ1) is 30.8. The summed E-state index contributed by atoms with van der Waals surface area (Å²) >= 11 is 0. The number of amides is 1. The first-order chi connectivity index (χ1) is 22.6. The maximum atomic E-state index is 13.8. The van der Waals surface area contributed by atoms with Crippen molar-refractivity contribution in [2.45, 2.75) is 57.4 Å². The minimum absolute atomic E-state index is 0.0287. The second-order valence-corrected chi connectivity index (χ2v) is 12.2. The van der Waals surface area contributed by atoms with Gasteiger partial charge in [0.15, 0.2) is 0 Å². The van der Waals surface area contributed by atoms with E-state index in [4.69, 9.17) is 16.4 Å². The predicted octanol–water partition coefficient (Wildman–Crippen LogP) is 5.88. The van der Waals surface area contributed by atoms with Crippen molar-refractivity contribution in [1.82, 2.24) is 35.0 Å². The summed E-state index contributed by atoms with van der Waals surface area (Å²) in [4.78, 5) is 32.3. The Morgan fingerprint density at radius 1 is 0.935 bits per heavy atom. The number of pyridine rings is 2. The Bertz CT molecular complexity index is 1770. The van der Waals surface area contributed by atoms with E-state index in [-0.39, 0.29) is 17.7 Å². The number of carbonyl (C=O) groups is 1. The Labute approximate surface area is 270 Å². The van der Waals surface area contributed by atoms with Gasteiger partial charge in [0.1, 0.15) is 5.82 Å². The fraction of sp³-hybridized carbons (Fsp3) is 0.316. The topological polar surface area (TPSA) is 98.5 Å². The van der Waals surface area contributed by atoms with Crippen molar-refractivity contribution in [2.75, 3.05) is 0 Å². The zero-order chi connectivity index (χ0) is 31.7. The van der Waals surface area contributed by atoms with Crippen LogP contribution in [0.1, 0.15) is 65.5 Å².